The van der Waals surface area contributed by atoms with Crippen molar-refractivity contribution in [1.82, 2.24) is 15.1 Å². The highest BCUT2D eigenvalue weighted by molar-refractivity contribution is 5.95. The van der Waals surface area contributed by atoms with Gasteiger partial charge < -0.3 is 10.1 Å². The minimum Gasteiger partial charge on any atom is -0.481 e. The quantitative estimate of drug-likeness (QED) is 0.574. The van der Waals surface area contributed by atoms with E-state index in [2.05, 4.69) is 16.3 Å². The number of nitrogens with one attached hydrogen (secondary N) is 1. The summed E-state index contributed by atoms with van der Waals surface area (Å²) >= 11 is 0. The van der Waals surface area contributed by atoms with E-state index < -0.39 is 0 Å². The van der Waals surface area contributed by atoms with Gasteiger partial charge in [-0.25, -0.2) is 9.07 Å². The molecule has 30 heavy (non-hydrogen) atoms. The normalized spacial score (nSPS) is 10.6. The number of hydrogen-bond donors (Lipinski definition) is 1. The van der Waals surface area contributed by atoms with Crippen LogP contribution in [0.1, 0.15) is 41.4 Å². The molecule has 3 rings (SSSR count). The number of terminal acetylenes is 1. The Morgan fingerprint density at radius 2 is 1.90 bits per heavy atom. The Morgan fingerprint density at radius 1 is 1.20 bits per heavy atom. The molecule has 0 aliphatic carbocycles. The maximum absolute atomic E-state index is 13.2. The van der Waals surface area contributed by atoms with E-state index in [4.69, 9.17) is 11.2 Å². The van der Waals surface area contributed by atoms with Gasteiger partial charge in [0, 0.05) is 6.54 Å². The van der Waals surface area contributed by atoms with Crippen molar-refractivity contribution in [3.05, 3.63) is 77.4 Å². The van der Waals surface area contributed by atoms with Crippen molar-refractivity contribution < 1.29 is 13.9 Å². The summed E-state index contributed by atoms with van der Waals surface area (Å²) in [6.07, 6.45) is 7.43. The summed E-state index contributed by atoms with van der Waals surface area (Å²) in [4.78, 5) is 12.8. The van der Waals surface area contributed by atoms with E-state index in [9.17, 15) is 9.18 Å². The number of aromatic nitrogens is 2. The largest absolute Gasteiger partial charge is 0.481 e. The summed E-state index contributed by atoms with van der Waals surface area (Å²) in [6, 6.07) is 13.7. The van der Waals surface area contributed by atoms with Gasteiger partial charge in [0.25, 0.3) is 5.91 Å². The van der Waals surface area contributed by atoms with Gasteiger partial charge >= 0.3 is 0 Å². The molecule has 0 aliphatic heterocycles. The van der Waals surface area contributed by atoms with E-state index >= 15 is 0 Å². The van der Waals surface area contributed by atoms with E-state index in [1.165, 1.54) is 12.1 Å². The van der Waals surface area contributed by atoms with Gasteiger partial charge in [0.2, 0.25) is 0 Å². The highest BCUT2D eigenvalue weighted by Gasteiger charge is 2.20. The van der Waals surface area contributed by atoms with Crippen molar-refractivity contribution in [2.45, 2.75) is 26.2 Å². The molecule has 0 unspecified atom stereocenters. The summed E-state index contributed by atoms with van der Waals surface area (Å²) in [5.41, 5.74) is 3.10. The Morgan fingerprint density at radius 3 is 2.53 bits per heavy atom. The van der Waals surface area contributed by atoms with Crippen LogP contribution in [0.5, 0.6) is 5.75 Å². The van der Waals surface area contributed by atoms with Crippen LogP contribution < -0.4 is 10.1 Å². The molecule has 1 amide bonds. The zero-order valence-electron chi connectivity index (χ0n) is 17.1. The van der Waals surface area contributed by atoms with Crippen molar-refractivity contribution >= 4 is 5.91 Å². The van der Waals surface area contributed by atoms with Crippen LogP contribution >= 0.6 is 0 Å². The minimum absolute atomic E-state index is 0.0638. The number of rotatable bonds is 8. The Balaban J connectivity index is 1.65. The first-order chi connectivity index (χ1) is 14.5. The van der Waals surface area contributed by atoms with Crippen molar-refractivity contribution in [1.29, 1.82) is 0 Å². The topological polar surface area (TPSA) is 56.1 Å². The van der Waals surface area contributed by atoms with Crippen LogP contribution in [0, 0.1) is 18.2 Å². The monoisotopic (exact) mass is 405 g/mol. The van der Waals surface area contributed by atoms with Crippen LogP contribution in [-0.2, 0) is 6.42 Å². The fourth-order valence-electron chi connectivity index (χ4n) is 3.17. The average Bonchev–Trinajstić information content (AvgIpc) is 3.19. The molecule has 0 saturated carbocycles. The molecular formula is C24H24FN3O2. The zero-order valence-corrected chi connectivity index (χ0v) is 17.1. The minimum atomic E-state index is -0.314. The van der Waals surface area contributed by atoms with Gasteiger partial charge in [-0.3, -0.25) is 4.79 Å². The molecule has 0 spiro atoms. The summed E-state index contributed by atoms with van der Waals surface area (Å²) in [7, 11) is 0. The van der Waals surface area contributed by atoms with Gasteiger partial charge in [-0.05, 0) is 54.3 Å². The third kappa shape index (κ3) is 5.06. The zero-order chi connectivity index (χ0) is 21.5. The molecule has 0 fully saturated rings. The highest BCUT2D eigenvalue weighted by atomic mass is 19.1. The molecule has 1 heterocycles. The molecule has 154 valence electrons. The molecular weight excluding hydrogens is 381 g/mol. The van der Waals surface area contributed by atoms with Crippen molar-refractivity contribution in [3.63, 3.8) is 0 Å². The number of hydrogen-bond acceptors (Lipinski definition) is 3. The van der Waals surface area contributed by atoms with E-state index in [1.807, 2.05) is 38.1 Å². The second-order valence-corrected chi connectivity index (χ2v) is 7.13. The van der Waals surface area contributed by atoms with Crippen LogP contribution in [-0.4, -0.2) is 28.8 Å². The van der Waals surface area contributed by atoms with Crippen molar-refractivity contribution in [3.8, 4) is 23.8 Å². The van der Waals surface area contributed by atoms with Crippen LogP contribution in [0.4, 0.5) is 4.39 Å². The number of carbonyl (C=O) groups is 1. The van der Waals surface area contributed by atoms with Gasteiger partial charge in [-0.1, -0.05) is 31.9 Å². The molecule has 0 radical (unpaired) electrons. The molecule has 5 nitrogen and oxygen atoms in total. The molecule has 0 saturated heterocycles. The molecule has 1 N–H and O–H groups in total. The average molecular weight is 405 g/mol. The lowest BCUT2D eigenvalue weighted by molar-refractivity contribution is 0.0952. The molecule has 0 atom stereocenters. The lowest BCUT2D eigenvalue weighted by Gasteiger charge is -2.13. The third-order valence-electron chi connectivity index (χ3n) is 4.61. The maximum atomic E-state index is 13.2. The fraction of sp³-hybridized carbons (Fsp3) is 0.250. The lowest BCUT2D eigenvalue weighted by atomic mass is 10.0. The predicted molar refractivity (Wildman–Crippen MR) is 114 cm³/mol. The Bertz CT molecular complexity index is 1030. The Hall–Kier alpha value is -3.59. The maximum Gasteiger partial charge on any atom is 0.254 e. The second-order valence-electron chi connectivity index (χ2n) is 7.13. The predicted octanol–water partition coefficient (Wildman–Crippen LogP) is 4.12. The molecule has 1 aromatic heterocycles. The molecule has 0 aliphatic rings. The number of carbonyl (C=O) groups excluding carboxylic acids is 1. The van der Waals surface area contributed by atoms with E-state index in [0.29, 0.717) is 24.2 Å². The number of nitrogens with zero attached hydrogens (tertiary/aromatic N) is 2. The SMILES string of the molecule is C#CCOc1ccc(CCNC(=O)c2cnn(-c3ccc(F)cc3)c2C(C)C)cc1. The van der Waals surface area contributed by atoms with Crippen molar-refractivity contribution in [2.75, 3.05) is 13.2 Å². The van der Waals surface area contributed by atoms with Gasteiger partial charge in [0.1, 0.15) is 18.2 Å². The smallest absolute Gasteiger partial charge is 0.254 e. The van der Waals surface area contributed by atoms with E-state index in [1.54, 1.807) is 23.0 Å². The molecule has 0 bridgehead atoms. The summed E-state index contributed by atoms with van der Waals surface area (Å²) in [6.45, 7) is 4.72. The number of ether oxygens (including phenoxy) is 1. The second kappa shape index (κ2) is 9.75. The molecule has 6 heteroatoms. The molecule has 2 aromatic carbocycles. The fourth-order valence-corrected chi connectivity index (χ4v) is 3.17. The number of benzene rings is 2. The highest BCUT2D eigenvalue weighted by Crippen LogP contribution is 2.23. The van der Waals surface area contributed by atoms with Crippen LogP contribution in [0.2, 0.25) is 0 Å². The third-order valence-corrected chi connectivity index (χ3v) is 4.61. The van der Waals surface area contributed by atoms with Gasteiger partial charge in [-0.15, -0.1) is 6.42 Å². The van der Waals surface area contributed by atoms with Crippen LogP contribution in [0.25, 0.3) is 5.69 Å². The van der Waals surface area contributed by atoms with E-state index in [-0.39, 0.29) is 24.2 Å². The summed E-state index contributed by atoms with van der Waals surface area (Å²) < 4.78 is 20.3. The number of halogens is 1. The van der Waals surface area contributed by atoms with Crippen LogP contribution in [0.15, 0.2) is 54.7 Å². The van der Waals surface area contributed by atoms with Gasteiger partial charge in [0.05, 0.1) is 23.1 Å². The first kappa shape index (κ1) is 21.1. The summed E-state index contributed by atoms with van der Waals surface area (Å²) in [5, 5.41) is 7.32. The number of amides is 1. The first-order valence-electron chi connectivity index (χ1n) is 9.77. The standard InChI is InChI=1S/C24H24FN3O2/c1-4-15-30-21-11-5-18(6-12-21)13-14-26-24(29)22-16-27-28(23(22)17(2)3)20-9-7-19(25)8-10-20/h1,5-12,16-17H,13-15H2,2-3H3,(H,26,29). The first-order valence-corrected chi connectivity index (χ1v) is 9.77. The summed E-state index contributed by atoms with van der Waals surface area (Å²) in [5.74, 6) is 2.71. The Labute approximate surface area is 175 Å². The van der Waals surface area contributed by atoms with Gasteiger partial charge in [0.15, 0.2) is 0 Å². The van der Waals surface area contributed by atoms with Crippen molar-refractivity contribution in [2.24, 2.45) is 0 Å². The molecule has 3 aromatic rings. The Kier molecular flexibility index (Phi) is 6.87. The lowest BCUT2D eigenvalue weighted by Crippen LogP contribution is -2.26. The van der Waals surface area contributed by atoms with Crippen LogP contribution in [0.3, 0.4) is 0 Å². The van der Waals surface area contributed by atoms with E-state index in [0.717, 1.165) is 17.0 Å². The van der Waals surface area contributed by atoms with Gasteiger partial charge in [-0.2, -0.15) is 5.10 Å².